The molecule has 1 heterocycles. The lowest BCUT2D eigenvalue weighted by molar-refractivity contribution is 0.0950. The van der Waals surface area contributed by atoms with Gasteiger partial charge in [-0.05, 0) is 49.2 Å². The van der Waals surface area contributed by atoms with E-state index in [4.69, 9.17) is 0 Å². The lowest BCUT2D eigenvalue weighted by atomic mass is 10.2. The molecule has 3 rings (SSSR count). The van der Waals surface area contributed by atoms with E-state index in [0.29, 0.717) is 29.3 Å². The van der Waals surface area contributed by atoms with Gasteiger partial charge in [0.1, 0.15) is 0 Å². The molecule has 0 fully saturated rings. The Hall–Kier alpha value is -2.71. The number of anilines is 1. The third kappa shape index (κ3) is 5.25. The molecule has 3 aromatic rings. The number of amides is 1. The lowest BCUT2D eigenvalue weighted by Crippen LogP contribution is -2.23. The molecule has 0 saturated heterocycles. The first-order valence-corrected chi connectivity index (χ1v) is 11.9. The van der Waals surface area contributed by atoms with Gasteiger partial charge >= 0.3 is 0 Å². The minimum atomic E-state index is -3.76. The molecule has 0 atom stereocenters. The molecule has 8 heteroatoms. The summed E-state index contributed by atoms with van der Waals surface area (Å²) in [5.41, 5.74) is 3.03. The maximum Gasteiger partial charge on any atom is 0.262 e. The van der Waals surface area contributed by atoms with Gasteiger partial charge in [-0.1, -0.05) is 32.0 Å². The molecule has 0 spiro atoms. The Bertz CT molecular complexity index is 1170. The Labute approximate surface area is 181 Å². The van der Waals surface area contributed by atoms with E-state index in [0.717, 1.165) is 16.3 Å². The summed E-state index contributed by atoms with van der Waals surface area (Å²) in [5, 5.41) is 5.80. The van der Waals surface area contributed by atoms with Gasteiger partial charge in [-0.15, -0.1) is 11.3 Å². The standard InChI is InChI=1S/C22H25N3O3S2/c1-14(2)22-24-19(13-29-22)12-23-21(26)17-6-5-7-18(11-17)25-30(27,28)20-10-15(3)8-9-16(20)4/h5-11,13-14,25H,12H2,1-4H3,(H,23,26). The number of nitrogens with one attached hydrogen (secondary N) is 2. The van der Waals surface area contributed by atoms with Crippen molar-refractivity contribution in [3.8, 4) is 0 Å². The summed E-state index contributed by atoms with van der Waals surface area (Å²) in [4.78, 5) is 17.3. The Morgan fingerprint density at radius 1 is 1.13 bits per heavy atom. The van der Waals surface area contributed by atoms with Crippen molar-refractivity contribution < 1.29 is 13.2 Å². The third-order valence-corrected chi connectivity index (χ3v) is 7.22. The van der Waals surface area contributed by atoms with E-state index in [1.807, 2.05) is 18.4 Å². The molecule has 6 nitrogen and oxygen atoms in total. The number of aromatic nitrogens is 1. The molecule has 0 aliphatic rings. The fraction of sp³-hybridized carbons (Fsp3) is 0.273. The zero-order valence-electron chi connectivity index (χ0n) is 17.4. The van der Waals surface area contributed by atoms with Crippen LogP contribution in [0.25, 0.3) is 0 Å². The molecule has 0 aliphatic heterocycles. The number of hydrogen-bond acceptors (Lipinski definition) is 5. The summed E-state index contributed by atoms with van der Waals surface area (Å²) in [6.07, 6.45) is 0. The quantitative estimate of drug-likeness (QED) is 0.558. The van der Waals surface area contributed by atoms with Gasteiger partial charge in [0.2, 0.25) is 0 Å². The highest BCUT2D eigenvalue weighted by molar-refractivity contribution is 7.92. The lowest BCUT2D eigenvalue weighted by Gasteiger charge is -2.12. The Balaban J connectivity index is 1.72. The molecule has 158 valence electrons. The van der Waals surface area contributed by atoms with Crippen LogP contribution in [0.1, 0.15) is 52.0 Å². The Morgan fingerprint density at radius 3 is 2.60 bits per heavy atom. The van der Waals surface area contributed by atoms with Gasteiger partial charge in [0.15, 0.2) is 0 Å². The van der Waals surface area contributed by atoms with Crippen LogP contribution in [0.5, 0.6) is 0 Å². The summed E-state index contributed by atoms with van der Waals surface area (Å²) >= 11 is 1.57. The van der Waals surface area contributed by atoms with E-state index in [1.165, 1.54) is 6.07 Å². The zero-order chi connectivity index (χ0) is 21.9. The summed E-state index contributed by atoms with van der Waals surface area (Å²) in [7, 11) is -3.76. The fourth-order valence-electron chi connectivity index (χ4n) is 2.87. The van der Waals surface area contributed by atoms with Crippen molar-refractivity contribution in [3.05, 3.63) is 75.2 Å². The number of thiazole rings is 1. The summed E-state index contributed by atoms with van der Waals surface area (Å²) in [5.74, 6) is 0.0584. The third-order valence-electron chi connectivity index (χ3n) is 4.50. The second-order valence-electron chi connectivity index (χ2n) is 7.47. The molecule has 1 aromatic heterocycles. The summed E-state index contributed by atoms with van der Waals surface area (Å²) in [6.45, 7) is 8.06. The monoisotopic (exact) mass is 443 g/mol. The maximum atomic E-state index is 12.8. The topological polar surface area (TPSA) is 88.2 Å². The Kier molecular flexibility index (Phi) is 6.58. The smallest absolute Gasteiger partial charge is 0.262 e. The number of nitrogens with zero attached hydrogens (tertiary/aromatic N) is 1. The van der Waals surface area contributed by atoms with Crippen LogP contribution in [0, 0.1) is 13.8 Å². The minimum Gasteiger partial charge on any atom is -0.346 e. The average molecular weight is 444 g/mol. The molecule has 0 unspecified atom stereocenters. The van der Waals surface area contributed by atoms with Crippen molar-refractivity contribution >= 4 is 33.0 Å². The van der Waals surface area contributed by atoms with Gasteiger partial charge < -0.3 is 5.32 Å². The van der Waals surface area contributed by atoms with E-state index in [9.17, 15) is 13.2 Å². The molecular weight excluding hydrogens is 418 g/mol. The average Bonchev–Trinajstić information content (AvgIpc) is 3.17. The molecule has 1 amide bonds. The van der Waals surface area contributed by atoms with Crippen LogP contribution in [-0.2, 0) is 16.6 Å². The first kappa shape index (κ1) is 22.0. The van der Waals surface area contributed by atoms with Gasteiger partial charge in [-0.2, -0.15) is 0 Å². The normalized spacial score (nSPS) is 11.5. The molecule has 0 saturated carbocycles. The number of hydrogen-bond donors (Lipinski definition) is 2. The molecule has 0 bridgehead atoms. The first-order chi connectivity index (χ1) is 14.2. The van der Waals surface area contributed by atoms with Crippen LogP contribution in [0.3, 0.4) is 0 Å². The van der Waals surface area contributed by atoms with Gasteiger partial charge in [-0.3, -0.25) is 9.52 Å². The van der Waals surface area contributed by atoms with E-state index >= 15 is 0 Å². The maximum absolute atomic E-state index is 12.8. The van der Waals surface area contributed by atoms with Crippen molar-refractivity contribution in [2.24, 2.45) is 0 Å². The SMILES string of the molecule is Cc1ccc(C)c(S(=O)(=O)Nc2cccc(C(=O)NCc3csc(C(C)C)n3)c2)c1. The first-order valence-electron chi connectivity index (χ1n) is 9.58. The predicted octanol–water partition coefficient (Wildman–Crippen LogP) is 4.61. The highest BCUT2D eigenvalue weighted by atomic mass is 32.2. The van der Waals surface area contributed by atoms with Crippen molar-refractivity contribution in [2.75, 3.05) is 4.72 Å². The van der Waals surface area contributed by atoms with Crippen LogP contribution >= 0.6 is 11.3 Å². The number of benzene rings is 2. The summed E-state index contributed by atoms with van der Waals surface area (Å²) < 4.78 is 28.2. The van der Waals surface area contributed by atoms with E-state index in [1.54, 1.807) is 48.6 Å². The van der Waals surface area contributed by atoms with Crippen LogP contribution in [0.2, 0.25) is 0 Å². The highest BCUT2D eigenvalue weighted by Gasteiger charge is 2.18. The number of aryl methyl sites for hydroxylation is 2. The highest BCUT2D eigenvalue weighted by Crippen LogP contribution is 2.22. The van der Waals surface area contributed by atoms with Crippen molar-refractivity contribution in [2.45, 2.75) is 45.1 Å². The molecule has 2 N–H and O–H groups in total. The van der Waals surface area contributed by atoms with Gasteiger partial charge in [0.05, 0.1) is 22.1 Å². The second-order valence-corrected chi connectivity index (χ2v) is 10.0. The van der Waals surface area contributed by atoms with Gasteiger partial charge in [0.25, 0.3) is 15.9 Å². The molecule has 30 heavy (non-hydrogen) atoms. The number of carbonyl (C=O) groups is 1. The van der Waals surface area contributed by atoms with Gasteiger partial charge in [-0.25, -0.2) is 13.4 Å². The van der Waals surface area contributed by atoms with E-state index < -0.39 is 10.0 Å². The van der Waals surface area contributed by atoms with E-state index in [2.05, 4.69) is 28.9 Å². The van der Waals surface area contributed by atoms with Crippen molar-refractivity contribution in [1.29, 1.82) is 0 Å². The summed E-state index contributed by atoms with van der Waals surface area (Å²) in [6, 6.07) is 11.7. The number of carbonyl (C=O) groups excluding carboxylic acids is 1. The molecule has 0 radical (unpaired) electrons. The minimum absolute atomic E-state index is 0.224. The fourth-order valence-corrected chi connectivity index (χ4v) is 5.09. The predicted molar refractivity (Wildman–Crippen MR) is 121 cm³/mol. The van der Waals surface area contributed by atoms with Crippen molar-refractivity contribution in [3.63, 3.8) is 0 Å². The van der Waals surface area contributed by atoms with Crippen LogP contribution in [0.15, 0.2) is 52.7 Å². The molecular formula is C22H25N3O3S2. The number of rotatable bonds is 7. The van der Waals surface area contributed by atoms with Crippen LogP contribution < -0.4 is 10.0 Å². The van der Waals surface area contributed by atoms with Crippen molar-refractivity contribution in [1.82, 2.24) is 10.3 Å². The van der Waals surface area contributed by atoms with Crippen LogP contribution in [-0.4, -0.2) is 19.3 Å². The van der Waals surface area contributed by atoms with E-state index in [-0.39, 0.29) is 10.8 Å². The zero-order valence-corrected chi connectivity index (χ0v) is 19.0. The largest absolute Gasteiger partial charge is 0.346 e. The molecule has 2 aromatic carbocycles. The second kappa shape index (κ2) is 8.97. The van der Waals surface area contributed by atoms with Gasteiger partial charge in [0, 0.05) is 22.5 Å². The Morgan fingerprint density at radius 2 is 1.90 bits per heavy atom. The number of sulfonamides is 1. The molecule has 0 aliphatic carbocycles. The van der Waals surface area contributed by atoms with Crippen LogP contribution in [0.4, 0.5) is 5.69 Å².